The van der Waals surface area contributed by atoms with Gasteiger partial charge in [-0.15, -0.1) is 0 Å². The number of amides is 1. The minimum absolute atomic E-state index is 0.186. The molecule has 0 aliphatic rings. The molecule has 0 aliphatic carbocycles. The van der Waals surface area contributed by atoms with Crippen LogP contribution in [0, 0.1) is 0 Å². The van der Waals surface area contributed by atoms with E-state index in [1.54, 1.807) is 5.48 Å². The molecule has 0 unspecified atom stereocenters. The second-order valence-corrected chi connectivity index (χ2v) is 3.19. The maximum atomic E-state index is 10.8. The molecular formula is C10H14N2O2. The van der Waals surface area contributed by atoms with E-state index in [9.17, 15) is 4.79 Å². The molecule has 4 heteroatoms. The van der Waals surface area contributed by atoms with Gasteiger partial charge in [-0.3, -0.25) is 14.9 Å². The lowest BCUT2D eigenvalue weighted by Crippen LogP contribution is -2.32. The Balaban J connectivity index is 2.41. The molecule has 4 nitrogen and oxygen atoms in total. The lowest BCUT2D eigenvalue weighted by atomic mass is 10.2. The zero-order chi connectivity index (χ0) is 10.4. The van der Waals surface area contributed by atoms with E-state index in [-0.39, 0.29) is 6.54 Å². The monoisotopic (exact) mass is 194 g/mol. The Morgan fingerprint density at radius 1 is 1.43 bits per heavy atom. The van der Waals surface area contributed by atoms with E-state index in [4.69, 9.17) is 5.21 Å². The highest BCUT2D eigenvalue weighted by Gasteiger charge is 2.04. The van der Waals surface area contributed by atoms with Gasteiger partial charge in [-0.2, -0.15) is 0 Å². The summed E-state index contributed by atoms with van der Waals surface area (Å²) in [5.41, 5.74) is 2.74. The second-order valence-electron chi connectivity index (χ2n) is 3.19. The van der Waals surface area contributed by atoms with E-state index in [0.717, 1.165) is 5.56 Å². The topological polar surface area (TPSA) is 52.6 Å². The van der Waals surface area contributed by atoms with Crippen LogP contribution < -0.4 is 5.48 Å². The number of nitrogens with zero attached hydrogens (tertiary/aromatic N) is 1. The van der Waals surface area contributed by atoms with Crippen LogP contribution in [0.3, 0.4) is 0 Å². The fraction of sp³-hybridized carbons (Fsp3) is 0.300. The van der Waals surface area contributed by atoms with Crippen LogP contribution in [0.5, 0.6) is 0 Å². The number of nitrogens with one attached hydrogen (secondary N) is 1. The van der Waals surface area contributed by atoms with Gasteiger partial charge in [-0.1, -0.05) is 30.3 Å². The molecule has 0 radical (unpaired) electrons. The van der Waals surface area contributed by atoms with Crippen molar-refractivity contribution >= 4 is 5.91 Å². The Kier molecular flexibility index (Phi) is 4.10. The van der Waals surface area contributed by atoms with Crippen molar-refractivity contribution in [2.45, 2.75) is 6.54 Å². The van der Waals surface area contributed by atoms with Crippen LogP contribution in [-0.2, 0) is 11.3 Å². The van der Waals surface area contributed by atoms with Gasteiger partial charge in [0.2, 0.25) is 0 Å². The number of carbonyl (C=O) groups is 1. The van der Waals surface area contributed by atoms with E-state index in [1.807, 2.05) is 42.3 Å². The summed E-state index contributed by atoms with van der Waals surface area (Å²) in [6.45, 7) is 0.875. The molecule has 76 valence electrons. The predicted octanol–water partition coefficient (Wildman–Crippen LogP) is 0.624. The van der Waals surface area contributed by atoms with Gasteiger partial charge in [0.05, 0.1) is 6.54 Å². The molecule has 0 bridgehead atoms. The number of rotatable bonds is 4. The molecule has 0 spiro atoms. The lowest BCUT2D eigenvalue weighted by molar-refractivity contribution is -0.130. The highest BCUT2D eigenvalue weighted by atomic mass is 16.5. The summed E-state index contributed by atoms with van der Waals surface area (Å²) in [6, 6.07) is 9.84. The lowest BCUT2D eigenvalue weighted by Gasteiger charge is -2.14. The fourth-order valence-corrected chi connectivity index (χ4v) is 1.23. The van der Waals surface area contributed by atoms with Crippen molar-refractivity contribution in [1.29, 1.82) is 0 Å². The molecule has 1 amide bonds. The summed E-state index contributed by atoms with van der Waals surface area (Å²) < 4.78 is 0. The molecule has 14 heavy (non-hydrogen) atoms. The molecule has 0 atom stereocenters. The van der Waals surface area contributed by atoms with Crippen molar-refractivity contribution < 1.29 is 10.0 Å². The first-order valence-corrected chi connectivity index (χ1v) is 4.38. The number of benzene rings is 1. The van der Waals surface area contributed by atoms with Crippen LogP contribution in [0.15, 0.2) is 30.3 Å². The van der Waals surface area contributed by atoms with Gasteiger partial charge in [0.25, 0.3) is 5.91 Å². The Labute approximate surface area is 83.1 Å². The van der Waals surface area contributed by atoms with Crippen molar-refractivity contribution in [2.75, 3.05) is 13.6 Å². The number of hydroxylamine groups is 1. The van der Waals surface area contributed by atoms with E-state index in [1.165, 1.54) is 0 Å². The van der Waals surface area contributed by atoms with Crippen molar-refractivity contribution in [2.24, 2.45) is 0 Å². The summed E-state index contributed by atoms with van der Waals surface area (Å²) in [4.78, 5) is 12.6. The van der Waals surface area contributed by atoms with Gasteiger partial charge in [0, 0.05) is 6.54 Å². The third kappa shape index (κ3) is 3.55. The zero-order valence-corrected chi connectivity index (χ0v) is 8.10. The molecule has 0 aromatic heterocycles. The average Bonchev–Trinajstić information content (AvgIpc) is 2.19. The van der Waals surface area contributed by atoms with Gasteiger partial charge in [0.1, 0.15) is 0 Å². The van der Waals surface area contributed by atoms with Gasteiger partial charge in [0.15, 0.2) is 0 Å². The summed E-state index contributed by atoms with van der Waals surface area (Å²) in [6.07, 6.45) is 0. The normalized spacial score (nSPS) is 10.2. The van der Waals surface area contributed by atoms with Gasteiger partial charge in [-0.05, 0) is 12.6 Å². The highest BCUT2D eigenvalue weighted by molar-refractivity contribution is 5.76. The van der Waals surface area contributed by atoms with Crippen molar-refractivity contribution in [3.8, 4) is 0 Å². The van der Waals surface area contributed by atoms with Crippen LogP contribution in [0.4, 0.5) is 0 Å². The summed E-state index contributed by atoms with van der Waals surface area (Å²) >= 11 is 0. The van der Waals surface area contributed by atoms with Crippen LogP contribution in [-0.4, -0.2) is 29.6 Å². The third-order valence-corrected chi connectivity index (χ3v) is 1.83. The molecule has 0 heterocycles. The number of hydrogen-bond donors (Lipinski definition) is 2. The SMILES string of the molecule is CN(CC(=O)NO)Cc1ccccc1. The Bertz CT molecular complexity index is 287. The van der Waals surface area contributed by atoms with Crippen LogP contribution in [0.25, 0.3) is 0 Å². The van der Waals surface area contributed by atoms with E-state index < -0.39 is 5.91 Å². The summed E-state index contributed by atoms with van der Waals surface area (Å²) in [7, 11) is 1.82. The minimum atomic E-state index is -0.400. The first-order valence-electron chi connectivity index (χ1n) is 4.38. The quantitative estimate of drug-likeness (QED) is 0.546. The average molecular weight is 194 g/mol. The predicted molar refractivity (Wildman–Crippen MR) is 52.7 cm³/mol. The molecule has 2 N–H and O–H groups in total. The summed E-state index contributed by atoms with van der Waals surface area (Å²) in [5, 5.41) is 8.32. The molecule has 1 aromatic carbocycles. The molecule has 0 fully saturated rings. The second kappa shape index (κ2) is 5.36. The third-order valence-electron chi connectivity index (χ3n) is 1.83. The molecule has 0 saturated heterocycles. The number of likely N-dealkylation sites (N-methyl/N-ethyl adjacent to an activating group) is 1. The first-order chi connectivity index (χ1) is 6.72. The summed E-state index contributed by atoms with van der Waals surface area (Å²) in [5.74, 6) is -0.400. The first kappa shape index (κ1) is 10.7. The smallest absolute Gasteiger partial charge is 0.257 e. The molecular weight excluding hydrogens is 180 g/mol. The fourth-order valence-electron chi connectivity index (χ4n) is 1.23. The molecule has 0 aliphatic heterocycles. The minimum Gasteiger partial charge on any atom is -0.293 e. The number of carbonyl (C=O) groups excluding carboxylic acids is 1. The van der Waals surface area contributed by atoms with E-state index >= 15 is 0 Å². The van der Waals surface area contributed by atoms with Crippen LogP contribution in [0.1, 0.15) is 5.56 Å². The Hall–Kier alpha value is -1.39. The van der Waals surface area contributed by atoms with Crippen LogP contribution >= 0.6 is 0 Å². The largest absolute Gasteiger partial charge is 0.293 e. The maximum Gasteiger partial charge on any atom is 0.257 e. The van der Waals surface area contributed by atoms with Crippen LogP contribution in [0.2, 0.25) is 0 Å². The maximum absolute atomic E-state index is 10.8. The van der Waals surface area contributed by atoms with Gasteiger partial charge < -0.3 is 0 Å². The van der Waals surface area contributed by atoms with E-state index in [2.05, 4.69) is 0 Å². The molecule has 1 rings (SSSR count). The van der Waals surface area contributed by atoms with Crippen molar-refractivity contribution in [3.05, 3.63) is 35.9 Å². The van der Waals surface area contributed by atoms with Crippen molar-refractivity contribution in [1.82, 2.24) is 10.4 Å². The molecule has 0 saturated carbocycles. The Morgan fingerprint density at radius 3 is 2.64 bits per heavy atom. The van der Waals surface area contributed by atoms with Gasteiger partial charge >= 0.3 is 0 Å². The van der Waals surface area contributed by atoms with E-state index in [0.29, 0.717) is 6.54 Å². The zero-order valence-electron chi connectivity index (χ0n) is 8.10. The highest BCUT2D eigenvalue weighted by Crippen LogP contribution is 2.01. The molecule has 1 aromatic rings. The van der Waals surface area contributed by atoms with Gasteiger partial charge in [-0.25, -0.2) is 5.48 Å². The standard InChI is InChI=1S/C10H14N2O2/c1-12(8-10(13)11-14)7-9-5-3-2-4-6-9/h2-6,14H,7-8H2,1H3,(H,11,13). The number of hydrogen-bond acceptors (Lipinski definition) is 3. The van der Waals surface area contributed by atoms with Crippen molar-refractivity contribution in [3.63, 3.8) is 0 Å². The Morgan fingerprint density at radius 2 is 2.07 bits per heavy atom.